The second-order valence-electron chi connectivity index (χ2n) is 13.7. The van der Waals surface area contributed by atoms with Gasteiger partial charge in [-0.25, -0.2) is 0 Å². The van der Waals surface area contributed by atoms with Gasteiger partial charge in [-0.05, 0) is 77.0 Å². The van der Waals surface area contributed by atoms with Gasteiger partial charge in [0.05, 0.1) is 0 Å². The molecule has 0 heterocycles. The van der Waals surface area contributed by atoms with E-state index in [2.05, 4.69) is 51.2 Å². The number of rotatable bonds is 36. The summed E-state index contributed by atoms with van der Waals surface area (Å²) < 4.78 is 16.6. The maximum Gasteiger partial charge on any atom is 0.306 e. The molecule has 1 atom stereocenters. The highest BCUT2D eigenvalue weighted by atomic mass is 16.6. The van der Waals surface area contributed by atoms with Crippen LogP contribution in [0.1, 0.15) is 156 Å². The molecule has 6 heteroatoms. The molecule has 0 fully saturated rings. The molecule has 0 spiro atoms. The minimum absolute atomic E-state index is 0.125. The molecule has 0 aliphatic carbocycles. The summed E-state index contributed by atoms with van der Waals surface area (Å²) in [5.74, 6) is -1.07. The molecule has 312 valence electrons. The van der Waals surface area contributed by atoms with Crippen molar-refractivity contribution in [3.63, 3.8) is 0 Å². The maximum absolute atomic E-state index is 12.7. The van der Waals surface area contributed by atoms with Crippen molar-refractivity contribution in [1.29, 1.82) is 0 Å². The predicted molar refractivity (Wildman–Crippen MR) is 237 cm³/mol. The first-order chi connectivity index (χ1) is 27.5. The van der Waals surface area contributed by atoms with Crippen LogP contribution in [0.25, 0.3) is 0 Å². The Morgan fingerprint density at radius 1 is 0.375 bits per heavy atom. The monoisotopic (exact) mass is 773 g/mol. The van der Waals surface area contributed by atoms with Crippen molar-refractivity contribution in [3.05, 3.63) is 122 Å². The van der Waals surface area contributed by atoms with Gasteiger partial charge in [0.1, 0.15) is 13.2 Å². The highest BCUT2D eigenvalue weighted by Gasteiger charge is 2.19. The minimum atomic E-state index is -0.831. The third-order valence-corrected chi connectivity index (χ3v) is 8.40. The van der Waals surface area contributed by atoms with E-state index < -0.39 is 6.10 Å². The molecule has 0 radical (unpaired) electrons. The van der Waals surface area contributed by atoms with Crippen LogP contribution in [-0.2, 0) is 28.6 Å². The number of ether oxygens (including phenoxy) is 3. The van der Waals surface area contributed by atoms with E-state index in [1.165, 1.54) is 32.1 Å². The van der Waals surface area contributed by atoms with Gasteiger partial charge >= 0.3 is 17.9 Å². The van der Waals surface area contributed by atoms with E-state index >= 15 is 0 Å². The van der Waals surface area contributed by atoms with Crippen molar-refractivity contribution in [1.82, 2.24) is 0 Å². The Morgan fingerprint density at radius 3 is 1.23 bits per heavy atom. The lowest BCUT2D eigenvalue weighted by Gasteiger charge is -2.18. The van der Waals surface area contributed by atoms with Gasteiger partial charge in [0.25, 0.3) is 0 Å². The lowest BCUT2D eigenvalue weighted by atomic mass is 10.1. The molecule has 0 aromatic heterocycles. The van der Waals surface area contributed by atoms with E-state index in [0.29, 0.717) is 19.3 Å². The van der Waals surface area contributed by atoms with Gasteiger partial charge in [0, 0.05) is 19.3 Å². The molecular formula is C50H76O6. The van der Waals surface area contributed by atoms with Gasteiger partial charge in [-0.2, -0.15) is 0 Å². The second-order valence-corrected chi connectivity index (χ2v) is 13.7. The molecule has 0 bridgehead atoms. The fraction of sp³-hybridized carbons (Fsp3) is 0.540. The zero-order valence-electron chi connectivity index (χ0n) is 35.3. The summed E-state index contributed by atoms with van der Waals surface area (Å²) in [5.41, 5.74) is 0. The zero-order chi connectivity index (χ0) is 40.8. The zero-order valence-corrected chi connectivity index (χ0v) is 35.3. The number of esters is 3. The molecule has 0 saturated carbocycles. The van der Waals surface area contributed by atoms with Gasteiger partial charge < -0.3 is 14.2 Å². The number of carbonyl (C=O) groups excluding carboxylic acids is 3. The summed E-state index contributed by atoms with van der Waals surface area (Å²) in [4.78, 5) is 37.7. The Morgan fingerprint density at radius 2 is 0.732 bits per heavy atom. The lowest BCUT2D eigenvalue weighted by molar-refractivity contribution is -0.167. The lowest BCUT2D eigenvalue weighted by Crippen LogP contribution is -2.30. The quantitative estimate of drug-likeness (QED) is 0.0207. The molecule has 0 aromatic carbocycles. The Labute approximate surface area is 342 Å². The number of hydrogen-bond donors (Lipinski definition) is 0. The molecule has 0 rings (SSSR count). The van der Waals surface area contributed by atoms with E-state index in [1.54, 1.807) is 0 Å². The minimum Gasteiger partial charge on any atom is -0.462 e. The normalized spacial score (nSPS) is 13.3. The van der Waals surface area contributed by atoms with Crippen molar-refractivity contribution >= 4 is 17.9 Å². The molecule has 6 nitrogen and oxygen atoms in total. The highest BCUT2D eigenvalue weighted by molar-refractivity contribution is 5.71. The molecule has 56 heavy (non-hydrogen) atoms. The summed E-state index contributed by atoms with van der Waals surface area (Å²) >= 11 is 0. The van der Waals surface area contributed by atoms with Crippen molar-refractivity contribution < 1.29 is 28.6 Å². The average Bonchev–Trinajstić information content (AvgIpc) is 3.19. The second kappa shape index (κ2) is 43.5. The first-order valence-electron chi connectivity index (χ1n) is 21.7. The molecule has 0 N–H and O–H groups in total. The molecular weight excluding hydrogens is 697 g/mol. The van der Waals surface area contributed by atoms with E-state index in [4.69, 9.17) is 14.2 Å². The topological polar surface area (TPSA) is 78.9 Å². The molecule has 0 saturated heterocycles. The number of allylic oxidation sites excluding steroid dienone is 20. The maximum atomic E-state index is 12.7. The molecule has 0 aliphatic rings. The first-order valence-corrected chi connectivity index (χ1v) is 21.7. The fourth-order valence-corrected chi connectivity index (χ4v) is 5.18. The van der Waals surface area contributed by atoms with Gasteiger partial charge in [0.2, 0.25) is 0 Å². The van der Waals surface area contributed by atoms with Crippen molar-refractivity contribution in [2.75, 3.05) is 13.2 Å². The van der Waals surface area contributed by atoms with Crippen LogP contribution in [0, 0.1) is 0 Å². The van der Waals surface area contributed by atoms with Crippen LogP contribution in [0.4, 0.5) is 0 Å². The van der Waals surface area contributed by atoms with Gasteiger partial charge in [-0.1, -0.05) is 181 Å². The average molecular weight is 773 g/mol. The van der Waals surface area contributed by atoms with Crippen LogP contribution in [0.3, 0.4) is 0 Å². The van der Waals surface area contributed by atoms with Crippen LogP contribution < -0.4 is 0 Å². The van der Waals surface area contributed by atoms with Crippen LogP contribution in [0.2, 0.25) is 0 Å². The van der Waals surface area contributed by atoms with E-state index in [1.807, 2.05) is 91.1 Å². The van der Waals surface area contributed by atoms with Crippen molar-refractivity contribution in [2.24, 2.45) is 0 Å². The Bertz CT molecular complexity index is 1260. The number of hydrogen-bond acceptors (Lipinski definition) is 6. The van der Waals surface area contributed by atoms with Crippen LogP contribution in [-0.4, -0.2) is 37.2 Å². The molecule has 1 unspecified atom stereocenters. The van der Waals surface area contributed by atoms with Gasteiger partial charge in [-0.15, -0.1) is 0 Å². The van der Waals surface area contributed by atoms with Crippen LogP contribution >= 0.6 is 0 Å². The fourth-order valence-electron chi connectivity index (χ4n) is 5.18. The standard InChI is InChI=1S/C50H76O6/c1-4-7-10-13-16-19-22-25-28-31-34-37-40-43-49(52)55-46-47(45-54-48(51)42-39-36-33-30-27-24-21-18-15-12-9-6-3)56-50(53)44-41-38-35-32-29-26-23-20-17-14-11-8-5-2/h7-8,10-11,13-14,16-23,25-26,28-29,31,34,47H,4-6,9,12,15,24,27,30,32-33,35-46H2,1-3H3/b10-7-,11-8-,16-13-,17-14-,21-18-,22-19-,23-20-,28-25-,29-26-,34-31-. The van der Waals surface area contributed by atoms with Crippen molar-refractivity contribution in [3.8, 4) is 0 Å². The van der Waals surface area contributed by atoms with E-state index in [-0.39, 0.29) is 44.0 Å². The summed E-state index contributed by atoms with van der Waals surface area (Å²) in [5, 5.41) is 0. The van der Waals surface area contributed by atoms with Crippen LogP contribution in [0.5, 0.6) is 0 Å². The molecule has 0 aliphatic heterocycles. The summed E-state index contributed by atoms with van der Waals surface area (Å²) in [7, 11) is 0. The van der Waals surface area contributed by atoms with E-state index in [0.717, 1.165) is 70.6 Å². The Balaban J connectivity index is 4.62. The largest absolute Gasteiger partial charge is 0.462 e. The van der Waals surface area contributed by atoms with Gasteiger partial charge in [0.15, 0.2) is 6.10 Å². The molecule has 0 amide bonds. The van der Waals surface area contributed by atoms with Crippen LogP contribution in [0.15, 0.2) is 122 Å². The summed E-state index contributed by atoms with van der Waals surface area (Å²) in [6.07, 6.45) is 59.0. The summed E-state index contributed by atoms with van der Waals surface area (Å²) in [6, 6.07) is 0. The van der Waals surface area contributed by atoms with Gasteiger partial charge in [-0.3, -0.25) is 14.4 Å². The first kappa shape index (κ1) is 51.8. The number of unbranched alkanes of at least 4 members (excludes halogenated alkanes) is 12. The number of carbonyl (C=O) groups is 3. The third kappa shape index (κ3) is 41.0. The third-order valence-electron chi connectivity index (χ3n) is 8.40. The Kier molecular flexibility index (Phi) is 40.3. The van der Waals surface area contributed by atoms with E-state index in [9.17, 15) is 14.4 Å². The predicted octanol–water partition coefficient (Wildman–Crippen LogP) is 13.8. The van der Waals surface area contributed by atoms with Crippen molar-refractivity contribution in [2.45, 2.75) is 162 Å². The summed E-state index contributed by atoms with van der Waals surface area (Å²) in [6.45, 7) is 6.17. The Hall–Kier alpha value is -4.19. The highest BCUT2D eigenvalue weighted by Crippen LogP contribution is 2.11. The smallest absolute Gasteiger partial charge is 0.306 e. The molecule has 0 aromatic rings. The SMILES string of the molecule is CC\C=C/C=C\C=C/C=C\C=C/CCCC(=O)OCC(COC(=O)CCCCCCC/C=C\CCCCC)OC(=O)CCCCC\C=C/C=C\C=C/C=C\CC.